The monoisotopic (exact) mass is 407 g/mol. The van der Waals surface area contributed by atoms with E-state index in [0.29, 0.717) is 12.2 Å². The van der Waals surface area contributed by atoms with Gasteiger partial charge in [0.25, 0.3) is 5.91 Å². The van der Waals surface area contributed by atoms with Crippen LogP contribution in [0, 0.1) is 0 Å². The van der Waals surface area contributed by atoms with Gasteiger partial charge in [0.2, 0.25) is 0 Å². The van der Waals surface area contributed by atoms with E-state index >= 15 is 0 Å². The molecule has 1 aliphatic rings. The first kappa shape index (κ1) is 19.5. The number of nitrogens with zero attached hydrogens (tertiary/aromatic N) is 2. The van der Waals surface area contributed by atoms with E-state index in [9.17, 15) is 4.79 Å². The van der Waals surface area contributed by atoms with E-state index in [-0.39, 0.29) is 11.9 Å². The lowest BCUT2D eigenvalue weighted by Crippen LogP contribution is -2.45. The number of ether oxygens (including phenoxy) is 1. The summed E-state index contributed by atoms with van der Waals surface area (Å²) >= 11 is 1.56. The van der Waals surface area contributed by atoms with Crippen molar-refractivity contribution in [1.29, 1.82) is 0 Å². The Kier molecular flexibility index (Phi) is 6.10. The van der Waals surface area contributed by atoms with Crippen LogP contribution in [0.5, 0.6) is 5.75 Å². The molecule has 150 valence electrons. The topological polar surface area (TPSA) is 54.5 Å². The number of carbonyl (C=O) groups is 1. The summed E-state index contributed by atoms with van der Waals surface area (Å²) in [6.07, 6.45) is 2.80. The van der Waals surface area contributed by atoms with Gasteiger partial charge in [0.1, 0.15) is 11.4 Å². The number of aromatic nitrogens is 1. The van der Waals surface area contributed by atoms with Crippen molar-refractivity contribution < 1.29 is 9.53 Å². The molecule has 1 aliphatic heterocycles. The Hall–Kier alpha value is -2.86. The number of benzene rings is 2. The van der Waals surface area contributed by atoms with Crippen molar-refractivity contribution in [3.63, 3.8) is 0 Å². The zero-order valence-corrected chi connectivity index (χ0v) is 17.3. The van der Waals surface area contributed by atoms with Gasteiger partial charge >= 0.3 is 0 Å². The third kappa shape index (κ3) is 4.95. The molecule has 1 N–H and O–H groups in total. The molecule has 29 heavy (non-hydrogen) atoms. The number of hydrogen-bond acceptors (Lipinski definition) is 5. The van der Waals surface area contributed by atoms with Gasteiger partial charge in [-0.05, 0) is 42.7 Å². The van der Waals surface area contributed by atoms with Crippen LogP contribution in [0.3, 0.4) is 0 Å². The van der Waals surface area contributed by atoms with Crippen LogP contribution in [0.2, 0.25) is 0 Å². The van der Waals surface area contributed by atoms with Crippen LogP contribution in [-0.4, -0.2) is 42.0 Å². The summed E-state index contributed by atoms with van der Waals surface area (Å²) in [7, 11) is 1.66. The van der Waals surface area contributed by atoms with Crippen molar-refractivity contribution in [2.45, 2.75) is 25.3 Å². The predicted molar refractivity (Wildman–Crippen MR) is 117 cm³/mol. The Morgan fingerprint density at radius 1 is 1.21 bits per heavy atom. The summed E-state index contributed by atoms with van der Waals surface area (Å²) in [4.78, 5) is 19.5. The van der Waals surface area contributed by atoms with Gasteiger partial charge in [-0.25, -0.2) is 4.98 Å². The summed E-state index contributed by atoms with van der Waals surface area (Å²) in [6, 6.07) is 18.4. The van der Waals surface area contributed by atoms with Gasteiger partial charge < -0.3 is 15.0 Å². The number of nitrogens with one attached hydrogen (secondary N) is 1. The molecule has 0 saturated carbocycles. The van der Waals surface area contributed by atoms with Crippen LogP contribution < -0.4 is 10.1 Å². The molecule has 1 fully saturated rings. The number of hydrogen-bond donors (Lipinski definition) is 1. The molecule has 0 radical (unpaired) electrons. The first-order valence-electron chi connectivity index (χ1n) is 9.89. The summed E-state index contributed by atoms with van der Waals surface area (Å²) in [5.74, 6) is 0.868. The molecule has 1 unspecified atom stereocenters. The Balaban J connectivity index is 1.37. The molecule has 1 aromatic heterocycles. The second kappa shape index (κ2) is 9.09. The molecule has 3 aromatic rings. The van der Waals surface area contributed by atoms with Gasteiger partial charge in [-0.2, -0.15) is 0 Å². The highest BCUT2D eigenvalue weighted by atomic mass is 32.1. The zero-order valence-electron chi connectivity index (χ0n) is 16.5. The van der Waals surface area contributed by atoms with Crippen LogP contribution in [0.25, 0.3) is 0 Å². The molecule has 1 atom stereocenters. The normalized spacial score (nSPS) is 16.4. The van der Waals surface area contributed by atoms with E-state index in [1.54, 1.807) is 18.4 Å². The quantitative estimate of drug-likeness (QED) is 0.656. The number of likely N-dealkylation sites (tertiary alicyclic amines) is 1. The Labute approximate surface area is 175 Å². The van der Waals surface area contributed by atoms with Crippen molar-refractivity contribution >= 4 is 22.9 Å². The second-order valence-corrected chi connectivity index (χ2v) is 8.19. The summed E-state index contributed by atoms with van der Waals surface area (Å²) in [5.41, 5.74) is 2.82. The van der Waals surface area contributed by atoms with Crippen molar-refractivity contribution in [3.05, 3.63) is 76.2 Å². The predicted octanol–water partition coefficient (Wildman–Crippen LogP) is 4.46. The molecule has 1 saturated heterocycles. The minimum Gasteiger partial charge on any atom is -0.497 e. The first-order chi connectivity index (χ1) is 14.2. The second-order valence-electron chi connectivity index (χ2n) is 7.25. The molecule has 5 nitrogen and oxygen atoms in total. The molecule has 2 aromatic carbocycles. The Morgan fingerprint density at radius 2 is 2.00 bits per heavy atom. The molecule has 0 bridgehead atoms. The van der Waals surface area contributed by atoms with Gasteiger partial charge in [-0.3, -0.25) is 4.79 Å². The largest absolute Gasteiger partial charge is 0.497 e. The van der Waals surface area contributed by atoms with Crippen molar-refractivity contribution in [2.75, 3.05) is 25.5 Å². The van der Waals surface area contributed by atoms with E-state index < -0.39 is 0 Å². The molecule has 2 heterocycles. The van der Waals surface area contributed by atoms with E-state index in [2.05, 4.69) is 22.4 Å². The lowest BCUT2D eigenvalue weighted by Gasteiger charge is -2.33. The first-order valence-corrected chi connectivity index (χ1v) is 10.8. The van der Waals surface area contributed by atoms with Gasteiger partial charge in [-0.15, -0.1) is 11.3 Å². The smallest absolute Gasteiger partial charge is 0.273 e. The lowest BCUT2D eigenvalue weighted by molar-refractivity contribution is 0.0709. The average Bonchev–Trinajstić information content (AvgIpc) is 3.23. The summed E-state index contributed by atoms with van der Waals surface area (Å²) in [6.45, 7) is 1.47. The third-order valence-corrected chi connectivity index (χ3v) is 5.99. The zero-order chi connectivity index (χ0) is 20.1. The van der Waals surface area contributed by atoms with Gasteiger partial charge in [-0.1, -0.05) is 30.3 Å². The number of carbonyl (C=O) groups excluding carboxylic acids is 1. The fourth-order valence-electron chi connectivity index (χ4n) is 3.63. The van der Waals surface area contributed by atoms with Crippen molar-refractivity contribution in [3.8, 4) is 5.75 Å². The number of methoxy groups -OCH3 is 1. The van der Waals surface area contributed by atoms with E-state index in [1.165, 1.54) is 5.56 Å². The van der Waals surface area contributed by atoms with Crippen molar-refractivity contribution in [1.82, 2.24) is 9.88 Å². The standard InChI is InChI=1S/C23H25N3O2S/c1-28-20-11-9-18(10-12-20)24-19-8-5-13-26(15-19)23(27)21-16-29-22(25-21)14-17-6-3-2-4-7-17/h2-4,6-7,9-12,16,19,24H,5,8,13-15H2,1H3. The fraction of sp³-hybridized carbons (Fsp3) is 0.304. The maximum absolute atomic E-state index is 13.0. The summed E-state index contributed by atoms with van der Waals surface area (Å²) in [5, 5.41) is 6.41. The molecule has 4 rings (SSSR count). The summed E-state index contributed by atoms with van der Waals surface area (Å²) < 4.78 is 5.21. The molecular formula is C23H25N3O2S. The maximum atomic E-state index is 13.0. The minimum absolute atomic E-state index is 0.0294. The van der Waals surface area contributed by atoms with Gasteiger partial charge in [0.15, 0.2) is 0 Å². The number of anilines is 1. The van der Waals surface area contributed by atoms with E-state index in [4.69, 9.17) is 4.74 Å². The Bertz CT molecular complexity index is 940. The van der Waals surface area contributed by atoms with Crippen LogP contribution >= 0.6 is 11.3 Å². The molecule has 0 spiro atoms. The van der Waals surface area contributed by atoms with Crippen LogP contribution in [0.15, 0.2) is 60.0 Å². The van der Waals surface area contributed by atoms with Gasteiger partial charge in [0.05, 0.1) is 12.1 Å². The SMILES string of the molecule is COc1ccc(NC2CCCN(C(=O)c3csc(Cc4ccccc4)n3)C2)cc1. The van der Waals surface area contributed by atoms with E-state index in [0.717, 1.165) is 42.3 Å². The van der Waals surface area contributed by atoms with Crippen molar-refractivity contribution in [2.24, 2.45) is 0 Å². The van der Waals surface area contributed by atoms with Gasteiger partial charge in [0, 0.05) is 36.6 Å². The fourth-order valence-corrected chi connectivity index (χ4v) is 4.43. The lowest BCUT2D eigenvalue weighted by atomic mass is 10.0. The Morgan fingerprint density at radius 3 is 2.76 bits per heavy atom. The highest BCUT2D eigenvalue weighted by molar-refractivity contribution is 7.09. The average molecular weight is 408 g/mol. The van der Waals surface area contributed by atoms with E-state index in [1.807, 2.05) is 52.7 Å². The molecule has 0 aliphatic carbocycles. The number of amides is 1. The third-order valence-electron chi connectivity index (χ3n) is 5.14. The number of rotatable bonds is 6. The highest BCUT2D eigenvalue weighted by Gasteiger charge is 2.26. The highest BCUT2D eigenvalue weighted by Crippen LogP contribution is 2.21. The molecular weight excluding hydrogens is 382 g/mol. The number of piperidine rings is 1. The van der Waals surface area contributed by atoms with Crippen LogP contribution in [-0.2, 0) is 6.42 Å². The van der Waals surface area contributed by atoms with Crippen LogP contribution in [0.1, 0.15) is 33.9 Å². The molecule has 6 heteroatoms. The van der Waals surface area contributed by atoms with Crippen LogP contribution in [0.4, 0.5) is 5.69 Å². The maximum Gasteiger partial charge on any atom is 0.273 e. The minimum atomic E-state index is 0.0294. The number of thiazole rings is 1. The molecule has 1 amide bonds.